The third-order valence-corrected chi connectivity index (χ3v) is 15.5. The number of carbonyl (C=O) groups is 2. The number of aromatic amines is 1. The molecule has 3 N–H and O–H groups in total. The largest absolute Gasteiger partial charge is 0.478 e. The van der Waals surface area contributed by atoms with E-state index in [1.54, 1.807) is 12.1 Å². The number of nitrogens with one attached hydrogen (secondary N) is 2. The van der Waals surface area contributed by atoms with Crippen LogP contribution < -0.4 is 5.32 Å². The number of hydrogen-bond acceptors (Lipinski definition) is 3. The molecular weight excluding hydrogens is 691 g/mol. The van der Waals surface area contributed by atoms with Gasteiger partial charge < -0.3 is 15.4 Å². The summed E-state index contributed by atoms with van der Waals surface area (Å²) < 4.78 is 0. The number of hydrogen-bond donors (Lipinski definition) is 3. The van der Waals surface area contributed by atoms with Gasteiger partial charge in [0.25, 0.3) is 0 Å². The van der Waals surface area contributed by atoms with E-state index < -0.39 is 5.97 Å². The van der Waals surface area contributed by atoms with Crippen LogP contribution >= 0.6 is 0 Å². The van der Waals surface area contributed by atoms with Crippen LogP contribution in [0.2, 0.25) is 0 Å². The Morgan fingerprint density at radius 3 is 2.18 bits per heavy atom. The average Bonchev–Trinajstić information content (AvgIpc) is 3.82. The Labute approximate surface area is 336 Å². The van der Waals surface area contributed by atoms with Crippen molar-refractivity contribution >= 4 is 28.5 Å². The molecule has 5 aliphatic carbocycles. The van der Waals surface area contributed by atoms with Crippen molar-refractivity contribution in [2.45, 2.75) is 113 Å². The lowest BCUT2D eigenvalue weighted by Crippen LogP contribution is -2.62. The Kier molecular flexibility index (Phi) is 12.6. The van der Waals surface area contributed by atoms with E-state index in [0.717, 1.165) is 54.5 Å². The Balaban J connectivity index is 0.000000956. The zero-order valence-corrected chi connectivity index (χ0v) is 35.0. The van der Waals surface area contributed by atoms with E-state index in [2.05, 4.69) is 83.3 Å². The summed E-state index contributed by atoms with van der Waals surface area (Å²) >= 11 is 0. The molecule has 0 aliphatic heterocycles. The van der Waals surface area contributed by atoms with Crippen molar-refractivity contribution < 1.29 is 14.7 Å². The first-order valence-corrected chi connectivity index (χ1v) is 20.9. The Hall–Kier alpha value is -4.55. The molecule has 1 aromatic heterocycles. The molecular formula is C50H65N3O3. The summed E-state index contributed by atoms with van der Waals surface area (Å²) in [6, 6.07) is 15.6. The Bertz CT molecular complexity index is 1940. The van der Waals surface area contributed by atoms with Gasteiger partial charge in [0.2, 0.25) is 5.91 Å². The third-order valence-electron chi connectivity index (χ3n) is 15.5. The fourth-order valence-corrected chi connectivity index (χ4v) is 13.5. The number of aromatic carboxylic acids is 1. The zero-order valence-electron chi connectivity index (χ0n) is 35.0. The van der Waals surface area contributed by atoms with Gasteiger partial charge in [0.15, 0.2) is 0 Å². The molecule has 5 aliphatic rings. The summed E-state index contributed by atoms with van der Waals surface area (Å²) in [5.74, 6) is 3.29. The maximum absolute atomic E-state index is 14.5. The van der Waals surface area contributed by atoms with Gasteiger partial charge in [-0.1, -0.05) is 84.0 Å². The molecule has 6 nitrogen and oxygen atoms in total. The standard InChI is InChI=1S/C44H55N3O3.C2H6.2C2H2/c1-26(2)29-17-23-44(40(50)45-25-37-46-33-9-7-8-10-34(33)47-37)24-19-32-30(38(29)44)15-16-36-42(32,5)22-20-35-41(3,4)31(18-21-43(35,36)6)27-11-13-28(14-12-27)39(48)49;3*1-2/h7-14,18,29-30,32,35-36,38H,1,15-17,19-25H2,2-6H3,(H,45,50)(H,46,47)(H,48,49);1-2H3;2*1-2H/t29-,30-,32?,35?,36?,38?,42-,43-,44-;;;/m0.../s1. The van der Waals surface area contributed by atoms with Crippen molar-refractivity contribution in [3.05, 3.63) is 83.7 Å². The number of nitrogens with zero attached hydrogens (tertiary/aromatic N) is 1. The Morgan fingerprint density at radius 2 is 1.54 bits per heavy atom. The SMILES string of the molecule is C#C.C#C.C=C(C)[C@@H]1CC[C@]2(C(=O)NCc3nc4ccccc4[nH]3)CCC3[C@H](CCC4[C@@]3(C)CCC3C(C)(C)C(c5ccc(C(=O)O)cc5)=CC[C@@]34C)C12.CC. The first kappa shape index (κ1) is 42.6. The van der Waals surface area contributed by atoms with Crippen LogP contribution in [0.5, 0.6) is 0 Å². The number of aromatic nitrogens is 2. The summed E-state index contributed by atoms with van der Waals surface area (Å²) in [7, 11) is 0. The maximum Gasteiger partial charge on any atom is 0.335 e. The number of carbonyl (C=O) groups excluding carboxylic acids is 1. The monoisotopic (exact) mass is 756 g/mol. The van der Waals surface area contributed by atoms with Crippen LogP contribution in [0.3, 0.4) is 0 Å². The summed E-state index contributed by atoms with van der Waals surface area (Å²) in [6.45, 7) is 21.3. The van der Waals surface area contributed by atoms with Crippen LogP contribution in [0.15, 0.2) is 66.8 Å². The molecule has 0 spiro atoms. The van der Waals surface area contributed by atoms with Gasteiger partial charge in [0.1, 0.15) is 5.82 Å². The number of carboxylic acids is 1. The second-order valence-electron chi connectivity index (χ2n) is 18.0. The predicted octanol–water partition coefficient (Wildman–Crippen LogP) is 11.4. The summed E-state index contributed by atoms with van der Waals surface area (Å²) in [5.41, 5.74) is 6.19. The lowest BCUT2D eigenvalue weighted by molar-refractivity contribution is -0.184. The van der Waals surface area contributed by atoms with E-state index in [4.69, 9.17) is 4.98 Å². The van der Waals surface area contributed by atoms with Gasteiger partial charge in [-0.05, 0) is 152 Å². The van der Waals surface area contributed by atoms with Gasteiger partial charge in [0.05, 0.1) is 28.6 Å². The molecule has 0 bridgehead atoms. The van der Waals surface area contributed by atoms with Crippen molar-refractivity contribution in [3.63, 3.8) is 0 Å². The summed E-state index contributed by atoms with van der Waals surface area (Å²) in [4.78, 5) is 34.2. The smallest absolute Gasteiger partial charge is 0.335 e. The average molecular weight is 756 g/mol. The van der Waals surface area contributed by atoms with Crippen LogP contribution in [-0.2, 0) is 11.3 Å². The number of terminal acetylenes is 2. The molecule has 1 amide bonds. The van der Waals surface area contributed by atoms with E-state index >= 15 is 0 Å². The minimum absolute atomic E-state index is 0.00787. The minimum Gasteiger partial charge on any atom is -0.478 e. The third kappa shape index (κ3) is 6.82. The highest BCUT2D eigenvalue weighted by molar-refractivity contribution is 5.88. The van der Waals surface area contributed by atoms with Crippen LogP contribution in [0, 0.1) is 82.9 Å². The number of imidazole rings is 1. The first-order chi connectivity index (χ1) is 26.8. The van der Waals surface area contributed by atoms with Gasteiger partial charge in [-0.2, -0.15) is 0 Å². The minimum atomic E-state index is -0.876. The molecule has 8 rings (SSSR count). The second kappa shape index (κ2) is 16.5. The van der Waals surface area contributed by atoms with Gasteiger partial charge in [-0.25, -0.2) is 9.78 Å². The Morgan fingerprint density at radius 1 is 0.875 bits per heavy atom. The van der Waals surface area contributed by atoms with Crippen molar-refractivity contribution in [3.8, 4) is 25.7 Å². The molecule has 56 heavy (non-hydrogen) atoms. The molecule has 4 saturated carbocycles. The van der Waals surface area contributed by atoms with Crippen LogP contribution in [0.1, 0.15) is 128 Å². The van der Waals surface area contributed by atoms with Crippen molar-refractivity contribution in [2.75, 3.05) is 0 Å². The number of benzene rings is 2. The number of para-hydroxylation sites is 2. The molecule has 6 heteroatoms. The first-order valence-electron chi connectivity index (χ1n) is 20.9. The molecule has 0 radical (unpaired) electrons. The maximum atomic E-state index is 14.5. The topological polar surface area (TPSA) is 95.1 Å². The lowest BCUT2D eigenvalue weighted by atomic mass is 9.36. The van der Waals surface area contributed by atoms with E-state index in [1.807, 2.05) is 50.2 Å². The molecule has 3 aromatic rings. The highest BCUT2D eigenvalue weighted by atomic mass is 16.4. The van der Waals surface area contributed by atoms with Crippen molar-refractivity contribution in [2.24, 2.45) is 57.2 Å². The van der Waals surface area contributed by atoms with Gasteiger partial charge in [0, 0.05) is 0 Å². The quantitative estimate of drug-likeness (QED) is 0.172. The highest BCUT2D eigenvalue weighted by Crippen LogP contribution is 2.74. The van der Waals surface area contributed by atoms with E-state index in [1.165, 1.54) is 36.8 Å². The number of H-pyrrole nitrogens is 1. The number of rotatable bonds is 6. The van der Waals surface area contributed by atoms with E-state index in [-0.39, 0.29) is 27.6 Å². The van der Waals surface area contributed by atoms with Crippen LogP contribution in [-0.4, -0.2) is 27.0 Å². The number of amides is 1. The molecule has 0 saturated heterocycles. The van der Waals surface area contributed by atoms with Crippen molar-refractivity contribution in [1.29, 1.82) is 0 Å². The lowest BCUT2D eigenvalue weighted by Gasteiger charge is -2.68. The molecule has 4 fully saturated rings. The van der Waals surface area contributed by atoms with E-state index in [0.29, 0.717) is 47.6 Å². The summed E-state index contributed by atoms with van der Waals surface area (Å²) in [5, 5.41) is 12.9. The number of carboxylic acid groups (broad SMARTS) is 1. The molecule has 4 unspecified atom stereocenters. The summed E-state index contributed by atoms with van der Waals surface area (Å²) in [6.07, 6.45) is 28.6. The van der Waals surface area contributed by atoms with Gasteiger partial charge >= 0.3 is 5.97 Å². The fourth-order valence-electron chi connectivity index (χ4n) is 13.5. The van der Waals surface area contributed by atoms with Crippen LogP contribution in [0.25, 0.3) is 16.6 Å². The molecule has 1 heterocycles. The van der Waals surface area contributed by atoms with Gasteiger partial charge in [-0.15, -0.1) is 25.7 Å². The van der Waals surface area contributed by atoms with Gasteiger partial charge in [-0.3, -0.25) is 4.79 Å². The van der Waals surface area contributed by atoms with Crippen molar-refractivity contribution in [1.82, 2.24) is 15.3 Å². The number of fused-ring (bicyclic) bond motifs is 8. The second-order valence-corrected chi connectivity index (χ2v) is 18.0. The zero-order chi connectivity index (χ0) is 41.2. The fraction of sp³-hybridized carbons (Fsp3) is 0.540. The molecule has 2 aromatic carbocycles. The molecule has 298 valence electrons. The highest BCUT2D eigenvalue weighted by Gasteiger charge is 2.67. The van der Waals surface area contributed by atoms with Crippen LogP contribution in [0.4, 0.5) is 0 Å². The number of allylic oxidation sites excluding steroid dienone is 3. The predicted molar refractivity (Wildman–Crippen MR) is 230 cm³/mol. The molecule has 9 atom stereocenters. The van der Waals surface area contributed by atoms with E-state index in [9.17, 15) is 14.7 Å². The normalized spacial score (nSPS) is 33.3.